The van der Waals surface area contributed by atoms with Gasteiger partial charge in [-0.15, -0.1) is 0 Å². The smallest absolute Gasteiger partial charge is 0.316 e. The Morgan fingerprint density at radius 3 is 2.79 bits per heavy atom. The summed E-state index contributed by atoms with van der Waals surface area (Å²) in [7, 11) is 0. The number of hydrogen-bond acceptors (Lipinski definition) is 8. The molecule has 9 nitrogen and oxygen atoms in total. The minimum Gasteiger partial charge on any atom is -0.455 e. The van der Waals surface area contributed by atoms with E-state index < -0.39 is 18.5 Å². The van der Waals surface area contributed by atoms with Gasteiger partial charge in [0.2, 0.25) is 5.91 Å². The van der Waals surface area contributed by atoms with E-state index in [9.17, 15) is 14.4 Å². The molecular formula is C19H20N4O5S. The summed E-state index contributed by atoms with van der Waals surface area (Å²) in [4.78, 5) is 43.4. The van der Waals surface area contributed by atoms with Crippen molar-refractivity contribution in [2.75, 3.05) is 25.4 Å². The number of esters is 1. The lowest BCUT2D eigenvalue weighted by molar-refractivity contribution is -0.146. The molecule has 0 saturated heterocycles. The van der Waals surface area contributed by atoms with Crippen LogP contribution in [0.5, 0.6) is 0 Å². The molecule has 2 aromatic heterocycles. The van der Waals surface area contributed by atoms with Crippen molar-refractivity contribution in [3.63, 3.8) is 0 Å². The summed E-state index contributed by atoms with van der Waals surface area (Å²) in [5.41, 5.74) is 1.86. The van der Waals surface area contributed by atoms with E-state index in [0.29, 0.717) is 28.3 Å². The Morgan fingerprint density at radius 2 is 1.97 bits per heavy atom. The molecule has 0 aliphatic rings. The predicted octanol–water partition coefficient (Wildman–Crippen LogP) is 1.65. The number of fused-ring (bicyclic) bond motifs is 3. The average Bonchev–Trinajstić information content (AvgIpc) is 3.12. The van der Waals surface area contributed by atoms with Crippen molar-refractivity contribution in [1.29, 1.82) is 0 Å². The normalized spacial score (nSPS) is 10.8. The SMILES string of the molecule is CCCNC(=O)CNC(=O)COC(=O)CSc1ncnc2c1oc1ccccc12. The van der Waals surface area contributed by atoms with Crippen LogP contribution in [0.4, 0.5) is 0 Å². The first-order valence-electron chi connectivity index (χ1n) is 9.02. The standard InChI is InChI=1S/C19H20N4O5S/c1-2-7-20-14(24)8-21-15(25)9-27-16(26)10-29-19-18-17(22-11-23-19)12-5-3-4-6-13(12)28-18/h3-6,11H,2,7-10H2,1H3,(H,20,24)(H,21,25). The highest BCUT2D eigenvalue weighted by Gasteiger charge is 2.15. The molecule has 10 heteroatoms. The van der Waals surface area contributed by atoms with Gasteiger partial charge < -0.3 is 19.8 Å². The first kappa shape index (κ1) is 20.6. The van der Waals surface area contributed by atoms with E-state index in [0.717, 1.165) is 23.6 Å². The molecule has 0 bridgehead atoms. The first-order chi connectivity index (χ1) is 14.1. The second kappa shape index (κ2) is 9.87. The van der Waals surface area contributed by atoms with Gasteiger partial charge in [0.05, 0.1) is 12.3 Å². The Labute approximate surface area is 170 Å². The number of ether oxygens (including phenoxy) is 1. The summed E-state index contributed by atoms with van der Waals surface area (Å²) in [6.45, 7) is 1.86. The van der Waals surface area contributed by atoms with Crippen LogP contribution >= 0.6 is 11.8 Å². The second-order valence-corrected chi connectivity index (χ2v) is 6.99. The van der Waals surface area contributed by atoms with Crippen molar-refractivity contribution >= 4 is 51.6 Å². The maximum Gasteiger partial charge on any atom is 0.316 e. The van der Waals surface area contributed by atoms with Crippen molar-refractivity contribution in [2.45, 2.75) is 18.4 Å². The zero-order valence-electron chi connectivity index (χ0n) is 15.8. The fraction of sp³-hybridized carbons (Fsp3) is 0.316. The molecule has 152 valence electrons. The molecule has 0 saturated carbocycles. The highest BCUT2D eigenvalue weighted by molar-refractivity contribution is 8.00. The van der Waals surface area contributed by atoms with Gasteiger partial charge in [-0.25, -0.2) is 9.97 Å². The van der Waals surface area contributed by atoms with Crippen molar-refractivity contribution < 1.29 is 23.5 Å². The van der Waals surface area contributed by atoms with Gasteiger partial charge in [-0.2, -0.15) is 0 Å². The maximum atomic E-state index is 11.9. The molecule has 0 atom stereocenters. The van der Waals surface area contributed by atoms with Crippen LogP contribution in [-0.2, 0) is 19.1 Å². The third-order valence-electron chi connectivity index (χ3n) is 3.83. The lowest BCUT2D eigenvalue weighted by atomic mass is 10.2. The van der Waals surface area contributed by atoms with Gasteiger partial charge in [-0.1, -0.05) is 30.8 Å². The number of nitrogens with zero attached hydrogens (tertiary/aromatic N) is 2. The third kappa shape index (κ3) is 5.44. The minimum atomic E-state index is -0.580. The summed E-state index contributed by atoms with van der Waals surface area (Å²) in [5.74, 6) is -1.46. The predicted molar refractivity (Wildman–Crippen MR) is 107 cm³/mol. The topological polar surface area (TPSA) is 123 Å². The third-order valence-corrected chi connectivity index (χ3v) is 4.78. The number of amides is 2. The van der Waals surface area contributed by atoms with Gasteiger partial charge in [-0.3, -0.25) is 14.4 Å². The number of carbonyl (C=O) groups is 3. The Balaban J connectivity index is 1.48. The van der Waals surface area contributed by atoms with Crippen LogP contribution in [0.25, 0.3) is 22.1 Å². The van der Waals surface area contributed by atoms with Gasteiger partial charge in [-0.05, 0) is 18.6 Å². The van der Waals surface area contributed by atoms with Crippen LogP contribution in [0.1, 0.15) is 13.3 Å². The quantitative estimate of drug-likeness (QED) is 0.307. The van der Waals surface area contributed by atoms with Crippen LogP contribution in [0.15, 0.2) is 40.0 Å². The maximum absolute atomic E-state index is 11.9. The lowest BCUT2D eigenvalue weighted by Crippen LogP contribution is -2.39. The second-order valence-electron chi connectivity index (χ2n) is 6.03. The van der Waals surface area contributed by atoms with E-state index in [1.807, 2.05) is 31.2 Å². The van der Waals surface area contributed by atoms with E-state index in [1.165, 1.54) is 6.33 Å². The number of hydrogen-bond donors (Lipinski definition) is 2. The molecule has 2 N–H and O–H groups in total. The number of carbonyl (C=O) groups excluding carboxylic acids is 3. The number of thioether (sulfide) groups is 1. The van der Waals surface area contributed by atoms with Gasteiger partial charge in [0.15, 0.2) is 12.2 Å². The first-order valence-corrected chi connectivity index (χ1v) is 10.0. The fourth-order valence-corrected chi connectivity index (χ4v) is 3.21. The number of rotatable bonds is 9. The van der Waals surface area contributed by atoms with Crippen LogP contribution in [0.2, 0.25) is 0 Å². The monoisotopic (exact) mass is 416 g/mol. The Bertz CT molecular complexity index is 1040. The van der Waals surface area contributed by atoms with E-state index >= 15 is 0 Å². The fourth-order valence-electron chi connectivity index (χ4n) is 2.48. The minimum absolute atomic E-state index is 0.0482. The van der Waals surface area contributed by atoms with Crippen LogP contribution < -0.4 is 10.6 Å². The molecule has 2 amide bonds. The molecular weight excluding hydrogens is 396 g/mol. The molecule has 0 unspecified atom stereocenters. The summed E-state index contributed by atoms with van der Waals surface area (Å²) >= 11 is 1.14. The molecule has 1 aromatic carbocycles. The van der Waals surface area contributed by atoms with Crippen molar-refractivity contribution in [3.05, 3.63) is 30.6 Å². The highest BCUT2D eigenvalue weighted by atomic mass is 32.2. The molecule has 0 radical (unpaired) electrons. The molecule has 0 spiro atoms. The number of para-hydroxylation sites is 1. The van der Waals surface area contributed by atoms with Gasteiger partial charge in [0.1, 0.15) is 22.5 Å². The zero-order chi connectivity index (χ0) is 20.6. The number of aromatic nitrogens is 2. The summed E-state index contributed by atoms with van der Waals surface area (Å²) in [6.07, 6.45) is 2.22. The van der Waals surface area contributed by atoms with E-state index in [-0.39, 0.29) is 18.2 Å². The molecule has 3 aromatic rings. The summed E-state index contributed by atoms with van der Waals surface area (Å²) < 4.78 is 10.7. The van der Waals surface area contributed by atoms with E-state index in [4.69, 9.17) is 9.15 Å². The Hall–Kier alpha value is -3.14. The van der Waals surface area contributed by atoms with Gasteiger partial charge in [0, 0.05) is 11.9 Å². The molecule has 3 rings (SSSR count). The van der Waals surface area contributed by atoms with Crippen molar-refractivity contribution in [1.82, 2.24) is 20.6 Å². The number of benzene rings is 1. The molecule has 2 heterocycles. The van der Waals surface area contributed by atoms with E-state index in [2.05, 4.69) is 20.6 Å². The number of furan rings is 1. The molecule has 0 fully saturated rings. The number of nitrogens with one attached hydrogen (secondary N) is 2. The summed E-state index contributed by atoms with van der Waals surface area (Å²) in [6, 6.07) is 7.49. The van der Waals surface area contributed by atoms with Crippen molar-refractivity contribution in [3.8, 4) is 0 Å². The Kier molecular flexibility index (Phi) is 7.01. The highest BCUT2D eigenvalue weighted by Crippen LogP contribution is 2.32. The van der Waals surface area contributed by atoms with Crippen LogP contribution in [-0.4, -0.2) is 53.2 Å². The van der Waals surface area contributed by atoms with E-state index in [1.54, 1.807) is 0 Å². The van der Waals surface area contributed by atoms with Gasteiger partial charge >= 0.3 is 5.97 Å². The molecule has 0 aliphatic carbocycles. The molecule has 0 aliphatic heterocycles. The Morgan fingerprint density at radius 1 is 1.14 bits per heavy atom. The molecule has 29 heavy (non-hydrogen) atoms. The zero-order valence-corrected chi connectivity index (χ0v) is 16.6. The van der Waals surface area contributed by atoms with Crippen LogP contribution in [0.3, 0.4) is 0 Å². The average molecular weight is 416 g/mol. The largest absolute Gasteiger partial charge is 0.455 e. The summed E-state index contributed by atoms with van der Waals surface area (Å²) in [5, 5.41) is 6.40. The van der Waals surface area contributed by atoms with Crippen molar-refractivity contribution in [2.24, 2.45) is 0 Å². The van der Waals surface area contributed by atoms with Crippen LogP contribution in [0, 0.1) is 0 Å². The lowest BCUT2D eigenvalue weighted by Gasteiger charge is -2.07. The van der Waals surface area contributed by atoms with Gasteiger partial charge in [0.25, 0.3) is 5.91 Å².